The van der Waals surface area contributed by atoms with E-state index in [1.807, 2.05) is 20.8 Å². The van der Waals surface area contributed by atoms with Crippen LogP contribution in [0, 0.1) is 5.41 Å². The molecule has 4 atom stereocenters. The number of aliphatic hydroxyl groups excluding tert-OH is 3. The molecule has 0 bridgehead atoms. The van der Waals surface area contributed by atoms with Crippen molar-refractivity contribution < 1.29 is 29.6 Å². The van der Waals surface area contributed by atoms with Gasteiger partial charge in [-0.2, -0.15) is 9.59 Å². The highest BCUT2D eigenvalue weighted by molar-refractivity contribution is 5.20. The maximum absolute atomic E-state index is 9.61. The molecular formula is C10H18O6. The summed E-state index contributed by atoms with van der Waals surface area (Å²) in [6.07, 6.45) is -3.26. The van der Waals surface area contributed by atoms with Crippen molar-refractivity contribution in [3.63, 3.8) is 0 Å². The second kappa shape index (κ2) is 6.08. The number of carbonyl (C=O) groups excluding carboxylic acids is 2. The van der Waals surface area contributed by atoms with E-state index in [-0.39, 0.29) is 18.2 Å². The Kier molecular flexibility index (Phi) is 5.78. The summed E-state index contributed by atoms with van der Waals surface area (Å²) in [5, 5.41) is 28.2. The van der Waals surface area contributed by atoms with E-state index in [9.17, 15) is 15.3 Å². The van der Waals surface area contributed by atoms with Gasteiger partial charge in [-0.25, -0.2) is 0 Å². The number of ether oxygens (including phenoxy) is 1. The van der Waals surface area contributed by atoms with Crippen LogP contribution in [0.2, 0.25) is 0 Å². The van der Waals surface area contributed by atoms with Crippen LogP contribution in [0.4, 0.5) is 0 Å². The first kappa shape index (κ1) is 15.2. The molecule has 1 rings (SSSR count). The van der Waals surface area contributed by atoms with Crippen molar-refractivity contribution in [2.75, 3.05) is 6.61 Å². The molecule has 0 amide bonds. The monoisotopic (exact) mass is 234 g/mol. The van der Waals surface area contributed by atoms with Gasteiger partial charge in [-0.3, -0.25) is 0 Å². The van der Waals surface area contributed by atoms with Crippen molar-refractivity contribution in [3.05, 3.63) is 0 Å². The highest BCUT2D eigenvalue weighted by Crippen LogP contribution is 2.30. The third-order valence-electron chi connectivity index (χ3n) is 2.35. The molecule has 3 N–H and O–H groups in total. The Hall–Kier alpha value is -0.780. The standard InChI is InChI=1S/C9H18O4.CO2/c1-9(2,3)8-7(12)6(11)5(10)4-13-8;2-1-3/h5-8,10-12H,4H2,1-3H3;. The van der Waals surface area contributed by atoms with E-state index in [4.69, 9.17) is 14.3 Å². The molecule has 16 heavy (non-hydrogen) atoms. The van der Waals surface area contributed by atoms with Gasteiger partial charge in [-0.15, -0.1) is 0 Å². The number of hydrogen-bond acceptors (Lipinski definition) is 6. The van der Waals surface area contributed by atoms with Crippen molar-refractivity contribution in [2.45, 2.75) is 45.2 Å². The van der Waals surface area contributed by atoms with E-state index in [1.54, 1.807) is 0 Å². The third-order valence-corrected chi connectivity index (χ3v) is 2.35. The van der Waals surface area contributed by atoms with Crippen LogP contribution in [0.5, 0.6) is 0 Å². The van der Waals surface area contributed by atoms with Crippen LogP contribution in [-0.2, 0) is 14.3 Å². The van der Waals surface area contributed by atoms with Crippen molar-refractivity contribution >= 4 is 6.15 Å². The number of rotatable bonds is 0. The van der Waals surface area contributed by atoms with Crippen molar-refractivity contribution in [1.29, 1.82) is 0 Å². The van der Waals surface area contributed by atoms with Gasteiger partial charge in [0.2, 0.25) is 0 Å². The lowest BCUT2D eigenvalue weighted by atomic mass is 9.81. The second-order valence-corrected chi connectivity index (χ2v) is 4.75. The van der Waals surface area contributed by atoms with Gasteiger partial charge in [0.15, 0.2) is 0 Å². The molecule has 94 valence electrons. The molecule has 6 nitrogen and oxygen atoms in total. The van der Waals surface area contributed by atoms with Crippen molar-refractivity contribution in [2.24, 2.45) is 5.41 Å². The number of hydrogen-bond donors (Lipinski definition) is 3. The summed E-state index contributed by atoms with van der Waals surface area (Å²) in [4.78, 5) is 16.2. The van der Waals surface area contributed by atoms with E-state index in [1.165, 1.54) is 0 Å². The Morgan fingerprint density at radius 3 is 1.94 bits per heavy atom. The fraction of sp³-hybridized carbons (Fsp3) is 0.900. The maximum atomic E-state index is 9.61. The number of aliphatic hydroxyl groups is 3. The van der Waals surface area contributed by atoms with Gasteiger partial charge >= 0.3 is 6.15 Å². The van der Waals surface area contributed by atoms with Crippen LogP contribution in [0.3, 0.4) is 0 Å². The highest BCUT2D eigenvalue weighted by Gasteiger charge is 2.42. The van der Waals surface area contributed by atoms with Crippen molar-refractivity contribution in [1.82, 2.24) is 0 Å². The van der Waals surface area contributed by atoms with Crippen LogP contribution in [0.25, 0.3) is 0 Å². The van der Waals surface area contributed by atoms with E-state index in [0.29, 0.717) is 0 Å². The van der Waals surface area contributed by atoms with E-state index >= 15 is 0 Å². The molecule has 0 aliphatic carbocycles. The SMILES string of the molecule is CC(C)(C)C1OCC(O)C(O)C1O.O=C=O. The summed E-state index contributed by atoms with van der Waals surface area (Å²) in [5.74, 6) is 0. The topological polar surface area (TPSA) is 104 Å². The zero-order chi connectivity index (χ0) is 12.9. The minimum atomic E-state index is -1.10. The summed E-state index contributed by atoms with van der Waals surface area (Å²) < 4.78 is 5.28. The molecule has 1 aliphatic rings. The molecular weight excluding hydrogens is 216 g/mol. The van der Waals surface area contributed by atoms with E-state index in [0.717, 1.165) is 0 Å². The Morgan fingerprint density at radius 1 is 1.12 bits per heavy atom. The van der Waals surface area contributed by atoms with Gasteiger partial charge in [-0.1, -0.05) is 20.8 Å². The zero-order valence-corrected chi connectivity index (χ0v) is 9.58. The molecule has 0 radical (unpaired) electrons. The summed E-state index contributed by atoms with van der Waals surface area (Å²) >= 11 is 0. The first-order chi connectivity index (χ1) is 7.25. The third kappa shape index (κ3) is 4.00. The first-order valence-electron chi connectivity index (χ1n) is 4.90. The van der Waals surface area contributed by atoms with Gasteiger partial charge in [0, 0.05) is 0 Å². The van der Waals surface area contributed by atoms with Gasteiger partial charge in [-0.05, 0) is 5.41 Å². The average molecular weight is 234 g/mol. The lowest BCUT2D eigenvalue weighted by Crippen LogP contribution is -2.56. The predicted octanol–water partition coefficient (Wildman–Crippen LogP) is -1.07. The molecule has 1 saturated heterocycles. The fourth-order valence-corrected chi connectivity index (χ4v) is 1.57. The van der Waals surface area contributed by atoms with Crippen LogP contribution < -0.4 is 0 Å². The van der Waals surface area contributed by atoms with Crippen LogP contribution >= 0.6 is 0 Å². The Balaban J connectivity index is 0.000000673. The lowest BCUT2D eigenvalue weighted by molar-refractivity contribution is -0.211. The smallest absolute Gasteiger partial charge is 0.373 e. The first-order valence-corrected chi connectivity index (χ1v) is 4.90. The fourth-order valence-electron chi connectivity index (χ4n) is 1.57. The minimum Gasteiger partial charge on any atom is -0.388 e. The second-order valence-electron chi connectivity index (χ2n) is 4.75. The summed E-state index contributed by atoms with van der Waals surface area (Å²) in [7, 11) is 0. The summed E-state index contributed by atoms with van der Waals surface area (Å²) in [5.41, 5.74) is -0.236. The summed E-state index contributed by atoms with van der Waals surface area (Å²) in [6, 6.07) is 0. The normalized spacial score (nSPS) is 34.6. The zero-order valence-electron chi connectivity index (χ0n) is 9.58. The molecule has 1 fully saturated rings. The molecule has 4 unspecified atom stereocenters. The molecule has 1 heterocycles. The molecule has 0 saturated carbocycles. The van der Waals surface area contributed by atoms with Gasteiger partial charge in [0.1, 0.15) is 18.3 Å². The maximum Gasteiger partial charge on any atom is 0.373 e. The minimum absolute atomic E-state index is 0.0835. The van der Waals surface area contributed by atoms with E-state index in [2.05, 4.69) is 0 Å². The van der Waals surface area contributed by atoms with Crippen LogP contribution in [0.15, 0.2) is 0 Å². The largest absolute Gasteiger partial charge is 0.388 e. The van der Waals surface area contributed by atoms with Crippen LogP contribution in [-0.4, -0.2) is 52.5 Å². The molecule has 0 aromatic carbocycles. The summed E-state index contributed by atoms with van der Waals surface area (Å²) in [6.45, 7) is 5.85. The quantitative estimate of drug-likeness (QED) is 0.493. The lowest BCUT2D eigenvalue weighted by Gasteiger charge is -2.41. The van der Waals surface area contributed by atoms with Crippen LogP contribution in [0.1, 0.15) is 20.8 Å². The predicted molar refractivity (Wildman–Crippen MR) is 52.2 cm³/mol. The Labute approximate surface area is 93.8 Å². The molecule has 0 aromatic heterocycles. The van der Waals surface area contributed by atoms with E-state index < -0.39 is 24.4 Å². The Morgan fingerprint density at radius 2 is 1.56 bits per heavy atom. The molecule has 1 aliphatic heterocycles. The Bertz CT molecular complexity index is 240. The molecule has 0 spiro atoms. The van der Waals surface area contributed by atoms with Gasteiger partial charge < -0.3 is 20.1 Å². The average Bonchev–Trinajstić information content (AvgIpc) is 2.13. The van der Waals surface area contributed by atoms with Gasteiger partial charge in [0.05, 0.1) is 12.7 Å². The highest BCUT2D eigenvalue weighted by atomic mass is 16.5. The molecule has 0 aromatic rings. The van der Waals surface area contributed by atoms with Gasteiger partial charge in [0.25, 0.3) is 0 Å². The van der Waals surface area contributed by atoms with Crippen molar-refractivity contribution in [3.8, 4) is 0 Å². The molecule has 6 heteroatoms.